The first-order valence-electron chi connectivity index (χ1n) is 7.78. The van der Waals surface area contributed by atoms with Gasteiger partial charge in [-0.1, -0.05) is 68.4 Å². The van der Waals surface area contributed by atoms with Gasteiger partial charge in [-0.15, -0.1) is 0 Å². The molecule has 1 fully saturated rings. The third-order valence-corrected chi connectivity index (χ3v) is 4.33. The summed E-state index contributed by atoms with van der Waals surface area (Å²) in [4.78, 5) is 0. The molecule has 22 heavy (non-hydrogen) atoms. The molecule has 0 atom stereocenters. The summed E-state index contributed by atoms with van der Waals surface area (Å²) in [6.45, 7) is 5.78. The zero-order valence-electron chi connectivity index (χ0n) is 13.0. The Morgan fingerprint density at radius 2 is 1.50 bits per heavy atom. The number of hydrogen-bond donors (Lipinski definition) is 0. The van der Waals surface area contributed by atoms with E-state index in [0.29, 0.717) is 0 Å². The molecule has 0 radical (unpaired) electrons. The minimum atomic E-state index is -0.266. The molecule has 0 saturated carbocycles. The van der Waals surface area contributed by atoms with Crippen LogP contribution in [-0.2, 0) is 9.31 Å². The third-order valence-electron chi connectivity index (χ3n) is 4.33. The van der Waals surface area contributed by atoms with Crippen LogP contribution in [0.15, 0.2) is 54.6 Å². The molecular weight excluding hydrogens is 271 g/mol. The summed E-state index contributed by atoms with van der Waals surface area (Å²) in [6.07, 6.45) is 0. The van der Waals surface area contributed by atoms with Gasteiger partial charge < -0.3 is 9.31 Å². The third kappa shape index (κ3) is 2.31. The fourth-order valence-corrected chi connectivity index (χ4v) is 3.14. The van der Waals surface area contributed by atoms with E-state index < -0.39 is 0 Å². The molecule has 1 saturated heterocycles. The highest BCUT2D eigenvalue weighted by atomic mass is 16.6. The van der Waals surface area contributed by atoms with Gasteiger partial charge in [0.25, 0.3) is 0 Å². The first-order valence-corrected chi connectivity index (χ1v) is 7.78. The van der Waals surface area contributed by atoms with Crippen LogP contribution in [0.25, 0.3) is 21.5 Å². The highest BCUT2D eigenvalue weighted by molar-refractivity contribution is 6.64. The van der Waals surface area contributed by atoms with Crippen molar-refractivity contribution < 1.29 is 9.31 Å². The Hall–Kier alpha value is -1.84. The Labute approximate surface area is 131 Å². The van der Waals surface area contributed by atoms with Crippen molar-refractivity contribution in [3.05, 3.63) is 54.6 Å². The van der Waals surface area contributed by atoms with Gasteiger partial charge in [-0.25, -0.2) is 0 Å². The molecule has 110 valence electrons. The molecule has 3 aromatic rings. The van der Waals surface area contributed by atoms with Crippen LogP contribution in [-0.4, -0.2) is 20.3 Å². The Bertz CT molecular complexity index is 831. The lowest BCUT2D eigenvalue weighted by Gasteiger charge is -2.33. The molecule has 3 heteroatoms. The highest BCUT2D eigenvalue weighted by Gasteiger charge is 2.34. The zero-order valence-corrected chi connectivity index (χ0v) is 13.0. The van der Waals surface area contributed by atoms with Crippen LogP contribution in [0.5, 0.6) is 0 Å². The molecule has 0 bridgehead atoms. The van der Waals surface area contributed by atoms with Crippen LogP contribution in [0.4, 0.5) is 0 Å². The van der Waals surface area contributed by atoms with Crippen molar-refractivity contribution in [2.75, 3.05) is 13.2 Å². The summed E-state index contributed by atoms with van der Waals surface area (Å²) in [5.74, 6) is 0. The van der Waals surface area contributed by atoms with Crippen LogP contribution >= 0.6 is 0 Å². The molecule has 0 aliphatic carbocycles. The van der Waals surface area contributed by atoms with Crippen molar-refractivity contribution >= 4 is 34.1 Å². The summed E-state index contributed by atoms with van der Waals surface area (Å²) in [6, 6.07) is 19.2. The van der Waals surface area contributed by atoms with Gasteiger partial charge in [-0.05, 0) is 27.0 Å². The van der Waals surface area contributed by atoms with Gasteiger partial charge in [0, 0.05) is 18.6 Å². The van der Waals surface area contributed by atoms with E-state index in [1.165, 1.54) is 21.5 Å². The lowest BCUT2D eigenvalue weighted by atomic mass is 9.73. The topological polar surface area (TPSA) is 18.5 Å². The van der Waals surface area contributed by atoms with Crippen LogP contribution in [0, 0.1) is 5.41 Å². The van der Waals surface area contributed by atoms with E-state index in [0.717, 1.165) is 18.7 Å². The lowest BCUT2D eigenvalue weighted by molar-refractivity contribution is 0.0344. The summed E-state index contributed by atoms with van der Waals surface area (Å²) < 4.78 is 12.0. The standard InChI is InChI=1S/C19H19BO2/c1-19(2)12-21-20(22-13-19)18-9-5-8-16-15-7-4-3-6-14(15)10-11-17(16)18/h3-11H,12-13H2,1-2H3. The van der Waals surface area contributed by atoms with Gasteiger partial charge in [0.2, 0.25) is 0 Å². The summed E-state index contributed by atoms with van der Waals surface area (Å²) in [5, 5.41) is 5.01. The minimum Gasteiger partial charge on any atom is -0.407 e. The normalized spacial score (nSPS) is 18.0. The number of hydrogen-bond acceptors (Lipinski definition) is 2. The summed E-state index contributed by atoms with van der Waals surface area (Å²) in [5.41, 5.74) is 1.21. The molecule has 0 amide bonds. The Morgan fingerprint density at radius 1 is 0.773 bits per heavy atom. The van der Waals surface area contributed by atoms with Gasteiger partial charge in [0.05, 0.1) is 0 Å². The Kier molecular flexibility index (Phi) is 3.21. The number of benzene rings is 3. The largest absolute Gasteiger partial charge is 0.494 e. The fourth-order valence-electron chi connectivity index (χ4n) is 3.14. The van der Waals surface area contributed by atoms with E-state index >= 15 is 0 Å². The van der Waals surface area contributed by atoms with E-state index in [4.69, 9.17) is 9.31 Å². The summed E-state index contributed by atoms with van der Waals surface area (Å²) in [7, 11) is -0.266. The fraction of sp³-hybridized carbons (Fsp3) is 0.263. The predicted molar refractivity (Wildman–Crippen MR) is 92.5 cm³/mol. The van der Waals surface area contributed by atoms with E-state index in [1.54, 1.807) is 0 Å². The van der Waals surface area contributed by atoms with Crippen molar-refractivity contribution in [2.45, 2.75) is 13.8 Å². The van der Waals surface area contributed by atoms with Gasteiger partial charge in [0.1, 0.15) is 0 Å². The van der Waals surface area contributed by atoms with Gasteiger partial charge >= 0.3 is 7.12 Å². The second-order valence-corrected chi connectivity index (χ2v) is 6.85. The lowest BCUT2D eigenvalue weighted by Crippen LogP contribution is -2.47. The molecule has 1 aliphatic rings. The molecule has 0 unspecified atom stereocenters. The van der Waals surface area contributed by atoms with Gasteiger partial charge in [-0.3, -0.25) is 0 Å². The number of fused-ring (bicyclic) bond motifs is 3. The Morgan fingerprint density at radius 3 is 2.32 bits per heavy atom. The molecule has 0 N–H and O–H groups in total. The quantitative estimate of drug-likeness (QED) is 0.502. The van der Waals surface area contributed by atoms with Crippen LogP contribution < -0.4 is 5.46 Å². The van der Waals surface area contributed by atoms with Crippen molar-refractivity contribution in [1.82, 2.24) is 0 Å². The second kappa shape index (κ2) is 5.11. The first kappa shape index (κ1) is 13.8. The van der Waals surface area contributed by atoms with Crippen molar-refractivity contribution in [3.63, 3.8) is 0 Å². The highest BCUT2D eigenvalue weighted by Crippen LogP contribution is 2.26. The van der Waals surface area contributed by atoms with Gasteiger partial charge in [-0.2, -0.15) is 0 Å². The van der Waals surface area contributed by atoms with E-state index in [-0.39, 0.29) is 12.5 Å². The zero-order chi connectivity index (χ0) is 15.2. The maximum Gasteiger partial charge on any atom is 0.494 e. The van der Waals surface area contributed by atoms with Crippen molar-refractivity contribution in [2.24, 2.45) is 5.41 Å². The maximum atomic E-state index is 5.98. The van der Waals surface area contributed by atoms with E-state index in [2.05, 4.69) is 68.4 Å². The maximum absolute atomic E-state index is 5.98. The van der Waals surface area contributed by atoms with E-state index in [1.807, 2.05) is 0 Å². The molecular formula is C19H19BO2. The molecule has 1 aliphatic heterocycles. The smallest absolute Gasteiger partial charge is 0.407 e. The van der Waals surface area contributed by atoms with Gasteiger partial charge in [0.15, 0.2) is 0 Å². The molecule has 4 rings (SSSR count). The molecule has 2 nitrogen and oxygen atoms in total. The van der Waals surface area contributed by atoms with Crippen LogP contribution in [0.2, 0.25) is 0 Å². The number of rotatable bonds is 1. The predicted octanol–water partition coefficient (Wildman–Crippen LogP) is 3.76. The van der Waals surface area contributed by atoms with Crippen LogP contribution in [0.1, 0.15) is 13.8 Å². The van der Waals surface area contributed by atoms with E-state index in [9.17, 15) is 0 Å². The van der Waals surface area contributed by atoms with Crippen molar-refractivity contribution in [1.29, 1.82) is 0 Å². The molecule has 1 heterocycles. The van der Waals surface area contributed by atoms with Crippen molar-refractivity contribution in [3.8, 4) is 0 Å². The second-order valence-electron chi connectivity index (χ2n) is 6.85. The average Bonchev–Trinajstić information content (AvgIpc) is 2.54. The molecule has 3 aromatic carbocycles. The first-order chi connectivity index (χ1) is 10.6. The Balaban J connectivity index is 1.84. The van der Waals surface area contributed by atoms with Crippen LogP contribution in [0.3, 0.4) is 0 Å². The monoisotopic (exact) mass is 290 g/mol. The minimum absolute atomic E-state index is 0.0911. The average molecular weight is 290 g/mol. The molecule has 0 spiro atoms. The SMILES string of the molecule is CC1(C)COB(c2cccc3c2ccc2ccccc23)OC1. The summed E-state index contributed by atoms with van der Waals surface area (Å²) >= 11 is 0. The molecule has 0 aromatic heterocycles.